The molecule has 0 bridgehead atoms. The third-order valence-electron chi connectivity index (χ3n) is 1.93. The average molecular weight is 246 g/mol. The summed E-state index contributed by atoms with van der Waals surface area (Å²) in [5.41, 5.74) is 0.245. The summed E-state index contributed by atoms with van der Waals surface area (Å²) >= 11 is 11.6. The Hall–Kier alpha value is -1.13. The first-order chi connectivity index (χ1) is 7.09. The van der Waals surface area contributed by atoms with Crippen molar-refractivity contribution >= 4 is 23.2 Å². The van der Waals surface area contributed by atoms with Gasteiger partial charge in [0.15, 0.2) is 0 Å². The van der Waals surface area contributed by atoms with Crippen LogP contribution in [0.25, 0.3) is 5.69 Å². The molecule has 0 aliphatic carbocycles. The molecule has 78 valence electrons. The Kier molecular flexibility index (Phi) is 2.63. The van der Waals surface area contributed by atoms with Gasteiger partial charge in [-0.2, -0.15) is 0 Å². The van der Waals surface area contributed by atoms with Crippen LogP contribution in [0.4, 0.5) is 4.39 Å². The van der Waals surface area contributed by atoms with Gasteiger partial charge >= 0.3 is 0 Å². The summed E-state index contributed by atoms with van der Waals surface area (Å²) in [6.45, 7) is 1.68. The van der Waals surface area contributed by atoms with Crippen molar-refractivity contribution in [2.24, 2.45) is 0 Å². The van der Waals surface area contributed by atoms with Crippen molar-refractivity contribution in [3.63, 3.8) is 0 Å². The summed E-state index contributed by atoms with van der Waals surface area (Å²) < 4.78 is 14.9. The third-order valence-corrected chi connectivity index (χ3v) is 2.41. The van der Waals surface area contributed by atoms with E-state index in [2.05, 4.69) is 10.2 Å². The fourth-order valence-corrected chi connectivity index (χ4v) is 1.68. The van der Waals surface area contributed by atoms with Crippen molar-refractivity contribution < 1.29 is 4.39 Å². The number of hydrogen-bond acceptors (Lipinski definition) is 2. The number of halogens is 3. The molecular formula is C9H6Cl2FN3. The van der Waals surface area contributed by atoms with Crippen LogP contribution in [0.5, 0.6) is 0 Å². The van der Waals surface area contributed by atoms with Gasteiger partial charge in [0.2, 0.25) is 5.28 Å². The lowest BCUT2D eigenvalue weighted by molar-refractivity contribution is 0.616. The van der Waals surface area contributed by atoms with Crippen LogP contribution in [0.3, 0.4) is 0 Å². The molecule has 3 nitrogen and oxygen atoms in total. The van der Waals surface area contributed by atoms with Gasteiger partial charge in [-0.3, -0.25) is 4.57 Å². The summed E-state index contributed by atoms with van der Waals surface area (Å²) in [5, 5.41) is 7.90. The average Bonchev–Trinajstić information content (AvgIpc) is 2.51. The molecule has 1 aromatic heterocycles. The first-order valence-electron chi connectivity index (χ1n) is 4.12. The van der Waals surface area contributed by atoms with E-state index in [0.717, 1.165) is 0 Å². The van der Waals surface area contributed by atoms with E-state index in [1.165, 1.54) is 22.8 Å². The van der Waals surface area contributed by atoms with Gasteiger partial charge in [0.05, 0.1) is 5.69 Å². The number of hydrogen-bond donors (Lipinski definition) is 0. The maximum atomic E-state index is 13.5. The number of aromatic nitrogens is 3. The third kappa shape index (κ3) is 1.82. The van der Waals surface area contributed by atoms with Crippen LogP contribution in [0.1, 0.15) is 5.82 Å². The SMILES string of the molecule is Cc1nnc(Cl)n1-c1cc(Cl)ccc1F. The van der Waals surface area contributed by atoms with E-state index in [0.29, 0.717) is 10.8 Å². The molecule has 2 aromatic rings. The Bertz CT molecular complexity index is 491. The minimum atomic E-state index is -0.427. The maximum Gasteiger partial charge on any atom is 0.229 e. The lowest BCUT2D eigenvalue weighted by atomic mass is 10.3. The molecule has 6 heteroatoms. The van der Waals surface area contributed by atoms with Gasteiger partial charge < -0.3 is 0 Å². The van der Waals surface area contributed by atoms with E-state index >= 15 is 0 Å². The van der Waals surface area contributed by atoms with E-state index in [1.807, 2.05) is 0 Å². The van der Waals surface area contributed by atoms with Crippen molar-refractivity contribution in [1.82, 2.24) is 14.8 Å². The van der Waals surface area contributed by atoms with Gasteiger partial charge in [0.25, 0.3) is 0 Å². The monoisotopic (exact) mass is 245 g/mol. The number of nitrogens with zero attached hydrogens (tertiary/aromatic N) is 3. The second-order valence-electron chi connectivity index (χ2n) is 2.95. The van der Waals surface area contributed by atoms with Gasteiger partial charge in [-0.05, 0) is 36.7 Å². The number of aryl methyl sites for hydroxylation is 1. The fourth-order valence-electron chi connectivity index (χ4n) is 1.27. The molecule has 0 spiro atoms. The molecule has 1 aromatic carbocycles. The van der Waals surface area contributed by atoms with E-state index in [9.17, 15) is 4.39 Å². The molecule has 2 rings (SSSR count). The van der Waals surface area contributed by atoms with Crippen molar-refractivity contribution in [3.8, 4) is 5.69 Å². The van der Waals surface area contributed by atoms with E-state index in [4.69, 9.17) is 23.2 Å². The van der Waals surface area contributed by atoms with Crippen LogP contribution in [0.2, 0.25) is 10.3 Å². The van der Waals surface area contributed by atoms with E-state index < -0.39 is 5.82 Å². The Morgan fingerprint density at radius 1 is 1.27 bits per heavy atom. The Morgan fingerprint density at radius 3 is 2.60 bits per heavy atom. The first-order valence-corrected chi connectivity index (χ1v) is 4.88. The van der Waals surface area contributed by atoms with Gasteiger partial charge in [0.1, 0.15) is 11.6 Å². The predicted octanol–water partition coefficient (Wildman–Crippen LogP) is 3.02. The number of rotatable bonds is 1. The van der Waals surface area contributed by atoms with Crippen LogP contribution in [-0.2, 0) is 0 Å². The smallest absolute Gasteiger partial charge is 0.229 e. The molecule has 0 fully saturated rings. The second kappa shape index (κ2) is 3.79. The molecule has 0 radical (unpaired) electrons. The van der Waals surface area contributed by atoms with E-state index in [1.54, 1.807) is 6.92 Å². The van der Waals surface area contributed by atoms with Crippen molar-refractivity contribution in [2.45, 2.75) is 6.92 Å². The highest BCUT2D eigenvalue weighted by Gasteiger charge is 2.12. The molecule has 0 aliphatic rings. The summed E-state index contributed by atoms with van der Waals surface area (Å²) in [5.74, 6) is 0.0744. The molecule has 15 heavy (non-hydrogen) atoms. The second-order valence-corrected chi connectivity index (χ2v) is 3.72. The Balaban J connectivity index is 2.68. The molecule has 0 N–H and O–H groups in total. The van der Waals surface area contributed by atoms with E-state index in [-0.39, 0.29) is 11.0 Å². The van der Waals surface area contributed by atoms with Crippen LogP contribution >= 0.6 is 23.2 Å². The lowest BCUT2D eigenvalue weighted by Crippen LogP contribution is -2.00. The zero-order chi connectivity index (χ0) is 11.0. The highest BCUT2D eigenvalue weighted by atomic mass is 35.5. The van der Waals surface area contributed by atoms with Gasteiger partial charge in [0, 0.05) is 5.02 Å². The zero-order valence-electron chi connectivity index (χ0n) is 7.71. The fraction of sp³-hybridized carbons (Fsp3) is 0.111. The Labute approximate surface area is 95.5 Å². The lowest BCUT2D eigenvalue weighted by Gasteiger charge is -2.06. The Morgan fingerprint density at radius 2 is 2.00 bits per heavy atom. The van der Waals surface area contributed by atoms with Crippen LogP contribution in [0.15, 0.2) is 18.2 Å². The predicted molar refractivity (Wildman–Crippen MR) is 56.1 cm³/mol. The highest BCUT2D eigenvalue weighted by molar-refractivity contribution is 6.31. The molecule has 0 atom stereocenters. The topological polar surface area (TPSA) is 30.7 Å². The standard InChI is InChI=1S/C9H6Cl2FN3/c1-5-13-14-9(11)15(5)8-4-6(10)2-3-7(8)12/h2-4H,1H3. The highest BCUT2D eigenvalue weighted by Crippen LogP contribution is 2.22. The quantitative estimate of drug-likeness (QED) is 0.774. The molecule has 0 saturated carbocycles. The molecule has 0 amide bonds. The summed E-state index contributed by atoms with van der Waals surface area (Å²) in [7, 11) is 0. The molecule has 0 aliphatic heterocycles. The normalized spacial score (nSPS) is 10.7. The molecular weight excluding hydrogens is 240 g/mol. The summed E-state index contributed by atoms with van der Waals surface area (Å²) in [6, 6.07) is 4.21. The summed E-state index contributed by atoms with van der Waals surface area (Å²) in [6.07, 6.45) is 0. The minimum absolute atomic E-state index is 0.105. The summed E-state index contributed by atoms with van der Waals surface area (Å²) in [4.78, 5) is 0. The molecule has 0 unspecified atom stereocenters. The molecule has 0 saturated heterocycles. The van der Waals surface area contributed by atoms with Gasteiger partial charge in [-0.1, -0.05) is 11.6 Å². The minimum Gasteiger partial charge on any atom is -0.267 e. The van der Waals surface area contributed by atoms with Crippen molar-refractivity contribution in [2.75, 3.05) is 0 Å². The zero-order valence-corrected chi connectivity index (χ0v) is 9.22. The van der Waals surface area contributed by atoms with Gasteiger partial charge in [-0.15, -0.1) is 10.2 Å². The van der Waals surface area contributed by atoms with Crippen LogP contribution in [-0.4, -0.2) is 14.8 Å². The van der Waals surface area contributed by atoms with Gasteiger partial charge in [-0.25, -0.2) is 4.39 Å². The first kappa shape index (κ1) is 10.4. The largest absolute Gasteiger partial charge is 0.267 e. The van der Waals surface area contributed by atoms with Crippen molar-refractivity contribution in [1.29, 1.82) is 0 Å². The van der Waals surface area contributed by atoms with Crippen LogP contribution in [0, 0.1) is 12.7 Å². The number of benzene rings is 1. The van der Waals surface area contributed by atoms with Crippen LogP contribution < -0.4 is 0 Å². The van der Waals surface area contributed by atoms with Crippen molar-refractivity contribution in [3.05, 3.63) is 40.1 Å². The maximum absolute atomic E-state index is 13.5. The molecule has 1 heterocycles.